The number of anilines is 1. The summed E-state index contributed by atoms with van der Waals surface area (Å²) in [7, 11) is 2.82. The lowest BCUT2D eigenvalue weighted by atomic mass is 9.99. The molecule has 1 aromatic rings. The van der Waals surface area contributed by atoms with Gasteiger partial charge in [-0.25, -0.2) is 0 Å². The number of halogens is 1. The van der Waals surface area contributed by atoms with E-state index in [-0.39, 0.29) is 12.5 Å². The normalized spacial score (nSPS) is 13.1. The van der Waals surface area contributed by atoms with E-state index in [9.17, 15) is 9.59 Å². The predicted molar refractivity (Wildman–Crippen MR) is 85.3 cm³/mol. The second-order valence-electron chi connectivity index (χ2n) is 4.92. The number of carbonyl (C=O) groups is 2. The van der Waals surface area contributed by atoms with Gasteiger partial charge in [0.25, 0.3) is 0 Å². The quantitative estimate of drug-likeness (QED) is 0.750. The molecule has 0 aromatic heterocycles. The van der Waals surface area contributed by atoms with E-state index in [2.05, 4.69) is 10.6 Å². The molecule has 0 aliphatic rings. The molecule has 0 aliphatic heterocycles. The van der Waals surface area contributed by atoms with Crippen LogP contribution in [0.5, 0.6) is 5.75 Å². The van der Waals surface area contributed by atoms with Crippen molar-refractivity contribution in [3.63, 3.8) is 0 Å². The number of benzene rings is 1. The van der Waals surface area contributed by atoms with Crippen LogP contribution in [0.2, 0.25) is 5.02 Å². The third-order valence-electron chi connectivity index (χ3n) is 3.42. The van der Waals surface area contributed by atoms with E-state index in [1.165, 1.54) is 14.2 Å². The number of rotatable bonds is 7. The molecule has 0 saturated heterocycles. The summed E-state index contributed by atoms with van der Waals surface area (Å²) in [6.07, 6.45) is 0.493. The van der Waals surface area contributed by atoms with Gasteiger partial charge in [0.1, 0.15) is 11.3 Å². The first-order chi connectivity index (χ1) is 10.4. The molecule has 0 unspecified atom stereocenters. The van der Waals surface area contributed by atoms with Crippen LogP contribution in [0, 0.1) is 0 Å². The Hall–Kier alpha value is -1.79. The lowest BCUT2D eigenvalue weighted by Crippen LogP contribution is -2.52. The Balaban J connectivity index is 2.71. The Morgan fingerprint density at radius 1 is 1.32 bits per heavy atom. The zero-order valence-corrected chi connectivity index (χ0v) is 13.9. The molecule has 0 heterocycles. The van der Waals surface area contributed by atoms with Gasteiger partial charge in [0.2, 0.25) is 5.91 Å². The molecule has 0 spiro atoms. The zero-order chi connectivity index (χ0) is 16.8. The number of methoxy groups -OCH3 is 2. The van der Waals surface area contributed by atoms with Gasteiger partial charge in [-0.1, -0.05) is 18.5 Å². The topological polar surface area (TPSA) is 76.7 Å². The lowest BCUT2D eigenvalue weighted by Gasteiger charge is -2.26. The molecular formula is C15H21ClN2O4. The van der Waals surface area contributed by atoms with Crippen molar-refractivity contribution < 1.29 is 19.1 Å². The summed E-state index contributed by atoms with van der Waals surface area (Å²) in [6, 6.07) is 4.92. The van der Waals surface area contributed by atoms with Gasteiger partial charge in [-0.05, 0) is 31.5 Å². The molecule has 0 fully saturated rings. The van der Waals surface area contributed by atoms with Gasteiger partial charge in [0, 0.05) is 5.02 Å². The maximum Gasteiger partial charge on any atom is 0.325 e. The monoisotopic (exact) mass is 328 g/mol. The highest BCUT2D eigenvalue weighted by molar-refractivity contribution is 6.31. The Labute approximate surface area is 135 Å². The van der Waals surface area contributed by atoms with E-state index >= 15 is 0 Å². The highest BCUT2D eigenvalue weighted by atomic mass is 35.5. The van der Waals surface area contributed by atoms with Crippen molar-refractivity contribution in [1.29, 1.82) is 0 Å². The van der Waals surface area contributed by atoms with Crippen molar-refractivity contribution in [3.8, 4) is 5.75 Å². The molecule has 2 N–H and O–H groups in total. The van der Waals surface area contributed by atoms with E-state index in [1.807, 2.05) is 6.92 Å². The molecule has 1 rings (SSSR count). The van der Waals surface area contributed by atoms with Gasteiger partial charge in [0.15, 0.2) is 0 Å². The summed E-state index contributed by atoms with van der Waals surface area (Å²) in [6.45, 7) is 3.48. The van der Waals surface area contributed by atoms with Crippen LogP contribution >= 0.6 is 11.6 Å². The number of ether oxygens (including phenoxy) is 2. The van der Waals surface area contributed by atoms with Gasteiger partial charge in [-0.15, -0.1) is 0 Å². The molecule has 1 atom stereocenters. The van der Waals surface area contributed by atoms with Crippen LogP contribution in [0.4, 0.5) is 5.69 Å². The summed E-state index contributed by atoms with van der Waals surface area (Å²) >= 11 is 5.91. The summed E-state index contributed by atoms with van der Waals surface area (Å²) in [5.41, 5.74) is -0.442. The molecule has 22 heavy (non-hydrogen) atoms. The Bertz CT molecular complexity index is 550. The largest absolute Gasteiger partial charge is 0.495 e. The molecular weight excluding hydrogens is 308 g/mol. The van der Waals surface area contributed by atoms with Crippen molar-refractivity contribution in [1.82, 2.24) is 5.32 Å². The van der Waals surface area contributed by atoms with Crippen molar-refractivity contribution in [3.05, 3.63) is 23.2 Å². The number of hydrogen-bond acceptors (Lipinski definition) is 5. The minimum absolute atomic E-state index is 0.0465. The van der Waals surface area contributed by atoms with Gasteiger partial charge in [0.05, 0.1) is 26.5 Å². The zero-order valence-electron chi connectivity index (χ0n) is 13.2. The van der Waals surface area contributed by atoms with Crippen molar-refractivity contribution in [2.75, 3.05) is 26.1 Å². The van der Waals surface area contributed by atoms with Crippen LogP contribution in [-0.2, 0) is 14.3 Å². The van der Waals surface area contributed by atoms with Crippen LogP contribution in [0.3, 0.4) is 0 Å². The highest BCUT2D eigenvalue weighted by Crippen LogP contribution is 2.27. The van der Waals surface area contributed by atoms with Crippen LogP contribution in [0.1, 0.15) is 20.3 Å². The Morgan fingerprint density at radius 3 is 2.55 bits per heavy atom. The molecule has 6 nitrogen and oxygen atoms in total. The first-order valence-corrected chi connectivity index (χ1v) is 7.21. The van der Waals surface area contributed by atoms with Crippen molar-refractivity contribution in [2.45, 2.75) is 25.8 Å². The third kappa shape index (κ3) is 4.61. The van der Waals surface area contributed by atoms with Gasteiger partial charge in [-0.2, -0.15) is 0 Å². The molecule has 1 amide bonds. The second-order valence-corrected chi connectivity index (χ2v) is 5.36. The minimum atomic E-state index is -0.912. The molecule has 1 aromatic carbocycles. The fourth-order valence-electron chi connectivity index (χ4n) is 1.81. The van der Waals surface area contributed by atoms with Gasteiger partial charge >= 0.3 is 5.97 Å². The summed E-state index contributed by atoms with van der Waals surface area (Å²) < 4.78 is 9.89. The fourth-order valence-corrected chi connectivity index (χ4v) is 1.99. The number of carbonyl (C=O) groups excluding carboxylic acids is 2. The highest BCUT2D eigenvalue weighted by Gasteiger charge is 2.32. The Morgan fingerprint density at radius 2 is 2.00 bits per heavy atom. The maximum atomic E-state index is 12.0. The van der Waals surface area contributed by atoms with E-state index in [4.69, 9.17) is 21.1 Å². The average molecular weight is 329 g/mol. The summed E-state index contributed by atoms with van der Waals surface area (Å²) in [5, 5.41) is 6.08. The number of amides is 1. The minimum Gasteiger partial charge on any atom is -0.495 e. The SMILES string of the molecule is CC[C@@](C)(NCC(=O)Nc1cc(Cl)ccc1OC)C(=O)OC. The molecule has 0 radical (unpaired) electrons. The van der Waals surface area contributed by atoms with Crippen molar-refractivity contribution in [2.24, 2.45) is 0 Å². The van der Waals surface area contributed by atoms with E-state index in [0.717, 1.165) is 0 Å². The number of hydrogen-bond donors (Lipinski definition) is 2. The standard InChI is InChI=1S/C15H21ClN2O4/c1-5-15(2,14(20)22-4)17-9-13(19)18-11-8-10(16)6-7-12(11)21-3/h6-8,17H,5,9H2,1-4H3,(H,18,19)/t15-/m1/s1. The fraction of sp³-hybridized carbons (Fsp3) is 0.467. The van der Waals surface area contributed by atoms with Gasteiger partial charge < -0.3 is 14.8 Å². The average Bonchev–Trinajstić information content (AvgIpc) is 2.52. The van der Waals surface area contributed by atoms with Crippen LogP contribution in [0.15, 0.2) is 18.2 Å². The molecule has 0 aliphatic carbocycles. The van der Waals surface area contributed by atoms with Crippen LogP contribution in [-0.4, -0.2) is 38.2 Å². The predicted octanol–water partition coefficient (Wildman–Crippen LogP) is 2.22. The lowest BCUT2D eigenvalue weighted by molar-refractivity contribution is -0.148. The summed E-state index contributed by atoms with van der Waals surface area (Å²) in [5.74, 6) is -0.226. The molecule has 0 saturated carbocycles. The number of nitrogens with one attached hydrogen (secondary N) is 2. The molecule has 0 bridgehead atoms. The van der Waals surface area contributed by atoms with E-state index in [1.54, 1.807) is 25.1 Å². The van der Waals surface area contributed by atoms with E-state index in [0.29, 0.717) is 22.9 Å². The summed E-state index contributed by atoms with van der Waals surface area (Å²) in [4.78, 5) is 23.8. The van der Waals surface area contributed by atoms with Crippen molar-refractivity contribution >= 4 is 29.2 Å². The van der Waals surface area contributed by atoms with Crippen LogP contribution < -0.4 is 15.4 Å². The smallest absolute Gasteiger partial charge is 0.325 e. The van der Waals surface area contributed by atoms with E-state index < -0.39 is 11.5 Å². The molecule has 7 heteroatoms. The first-order valence-electron chi connectivity index (χ1n) is 6.83. The van der Waals surface area contributed by atoms with Gasteiger partial charge in [-0.3, -0.25) is 14.9 Å². The molecule has 122 valence electrons. The third-order valence-corrected chi connectivity index (χ3v) is 3.65. The number of esters is 1. The Kier molecular flexibility index (Phi) is 6.64. The second kappa shape index (κ2) is 8.00. The maximum absolute atomic E-state index is 12.0. The van der Waals surface area contributed by atoms with Crippen LogP contribution in [0.25, 0.3) is 0 Å². The first kappa shape index (κ1) is 18.3.